The third-order valence-corrected chi connectivity index (χ3v) is 6.04. The lowest BCUT2D eigenvalue weighted by atomic mass is 10.1. The van der Waals surface area contributed by atoms with Gasteiger partial charge < -0.3 is 14.9 Å². The quantitative estimate of drug-likeness (QED) is 0.414. The van der Waals surface area contributed by atoms with Gasteiger partial charge in [-0.1, -0.05) is 23.7 Å². The van der Waals surface area contributed by atoms with E-state index in [0.29, 0.717) is 35.2 Å². The SMILES string of the molecule is CCc1sc2cncn2c1C(O)c1cn(-c2ccc(OCCCO)c(Cl)c2)nn1. The van der Waals surface area contributed by atoms with Gasteiger partial charge in [0, 0.05) is 17.9 Å². The van der Waals surface area contributed by atoms with E-state index in [4.69, 9.17) is 21.4 Å². The number of thiazole rings is 1. The highest BCUT2D eigenvalue weighted by Gasteiger charge is 2.23. The highest BCUT2D eigenvalue weighted by molar-refractivity contribution is 7.17. The minimum absolute atomic E-state index is 0.0645. The lowest BCUT2D eigenvalue weighted by Crippen LogP contribution is -2.06. The summed E-state index contributed by atoms with van der Waals surface area (Å²) in [6.07, 6.45) is 5.59. The first-order valence-electron chi connectivity index (χ1n) is 9.20. The fourth-order valence-corrected chi connectivity index (χ4v) is 4.35. The second-order valence-electron chi connectivity index (χ2n) is 6.40. The van der Waals surface area contributed by atoms with E-state index in [1.165, 1.54) is 0 Å². The summed E-state index contributed by atoms with van der Waals surface area (Å²) in [5.41, 5.74) is 1.90. The number of hydrogen-bond acceptors (Lipinski definition) is 7. The van der Waals surface area contributed by atoms with E-state index in [-0.39, 0.29) is 6.61 Å². The van der Waals surface area contributed by atoms with Crippen LogP contribution >= 0.6 is 22.9 Å². The maximum atomic E-state index is 11.0. The van der Waals surface area contributed by atoms with Gasteiger partial charge in [-0.25, -0.2) is 9.67 Å². The van der Waals surface area contributed by atoms with Crippen LogP contribution in [0, 0.1) is 0 Å². The van der Waals surface area contributed by atoms with Crippen molar-refractivity contribution in [3.63, 3.8) is 0 Å². The zero-order chi connectivity index (χ0) is 20.4. The zero-order valence-electron chi connectivity index (χ0n) is 15.7. The predicted molar refractivity (Wildman–Crippen MR) is 110 cm³/mol. The lowest BCUT2D eigenvalue weighted by Gasteiger charge is -2.09. The molecule has 152 valence electrons. The molecule has 0 saturated heterocycles. The van der Waals surface area contributed by atoms with E-state index in [0.717, 1.165) is 21.8 Å². The Balaban J connectivity index is 1.59. The molecule has 0 aliphatic carbocycles. The largest absolute Gasteiger partial charge is 0.492 e. The Bertz CT molecular complexity index is 1120. The predicted octanol–water partition coefficient (Wildman–Crippen LogP) is 3.04. The van der Waals surface area contributed by atoms with Crippen LogP contribution in [0.4, 0.5) is 0 Å². The Hall–Kier alpha value is -2.46. The minimum Gasteiger partial charge on any atom is -0.492 e. The molecule has 8 nitrogen and oxygen atoms in total. The van der Waals surface area contributed by atoms with Crippen LogP contribution in [0.5, 0.6) is 5.75 Å². The first-order valence-corrected chi connectivity index (χ1v) is 10.4. The van der Waals surface area contributed by atoms with Gasteiger partial charge in [-0.15, -0.1) is 16.4 Å². The molecule has 0 saturated carbocycles. The summed E-state index contributed by atoms with van der Waals surface area (Å²) in [6.45, 7) is 2.51. The summed E-state index contributed by atoms with van der Waals surface area (Å²) in [4.78, 5) is 6.21. The molecular formula is C19H20ClN5O3S. The van der Waals surface area contributed by atoms with Crippen LogP contribution < -0.4 is 4.74 Å². The molecule has 29 heavy (non-hydrogen) atoms. The van der Waals surface area contributed by atoms with E-state index in [1.54, 1.807) is 52.9 Å². The molecule has 0 spiro atoms. The summed E-state index contributed by atoms with van der Waals surface area (Å²) < 4.78 is 8.99. The maximum Gasteiger partial charge on any atom is 0.141 e. The van der Waals surface area contributed by atoms with E-state index >= 15 is 0 Å². The van der Waals surface area contributed by atoms with Crippen molar-refractivity contribution < 1.29 is 14.9 Å². The smallest absolute Gasteiger partial charge is 0.141 e. The molecule has 0 aliphatic rings. The molecule has 0 aliphatic heterocycles. The van der Waals surface area contributed by atoms with Crippen LogP contribution in [0.3, 0.4) is 0 Å². The second-order valence-corrected chi connectivity index (χ2v) is 7.92. The molecule has 4 aromatic rings. The average Bonchev–Trinajstić information content (AvgIpc) is 3.44. The molecule has 1 aromatic carbocycles. The molecule has 0 amide bonds. The molecule has 3 aromatic heterocycles. The van der Waals surface area contributed by atoms with Crippen LogP contribution in [0.1, 0.15) is 35.7 Å². The number of aromatic nitrogens is 5. The van der Waals surface area contributed by atoms with Gasteiger partial charge in [0.25, 0.3) is 0 Å². The van der Waals surface area contributed by atoms with Crippen LogP contribution in [0.25, 0.3) is 10.5 Å². The normalized spacial score (nSPS) is 12.6. The minimum atomic E-state index is -0.918. The highest BCUT2D eigenvalue weighted by atomic mass is 35.5. The molecule has 1 unspecified atom stereocenters. The van der Waals surface area contributed by atoms with Crippen molar-refractivity contribution in [1.82, 2.24) is 24.4 Å². The topological polar surface area (TPSA) is 97.7 Å². The summed E-state index contributed by atoms with van der Waals surface area (Å²) >= 11 is 7.90. The van der Waals surface area contributed by atoms with Crippen molar-refractivity contribution in [3.8, 4) is 11.4 Å². The van der Waals surface area contributed by atoms with Crippen molar-refractivity contribution >= 4 is 27.8 Å². The van der Waals surface area contributed by atoms with Gasteiger partial charge in [-0.2, -0.15) is 0 Å². The van der Waals surface area contributed by atoms with Crippen LogP contribution in [-0.4, -0.2) is 47.8 Å². The second kappa shape index (κ2) is 8.50. The Morgan fingerprint density at radius 1 is 1.34 bits per heavy atom. The molecule has 2 N–H and O–H groups in total. The van der Waals surface area contributed by atoms with E-state index in [2.05, 4.69) is 22.2 Å². The number of ether oxygens (including phenoxy) is 1. The molecule has 10 heteroatoms. The first kappa shape index (κ1) is 19.8. The van der Waals surface area contributed by atoms with Gasteiger partial charge in [0.05, 0.1) is 35.4 Å². The van der Waals surface area contributed by atoms with Gasteiger partial charge in [-0.05, 0) is 24.6 Å². The van der Waals surface area contributed by atoms with Crippen LogP contribution in [0.15, 0.2) is 36.9 Å². The molecule has 4 rings (SSSR count). The van der Waals surface area contributed by atoms with Gasteiger partial charge in [0.15, 0.2) is 0 Å². The van der Waals surface area contributed by atoms with E-state index in [1.807, 2.05) is 4.40 Å². The highest BCUT2D eigenvalue weighted by Crippen LogP contribution is 2.32. The summed E-state index contributed by atoms with van der Waals surface area (Å²) in [5, 5.41) is 28.5. The van der Waals surface area contributed by atoms with Gasteiger partial charge in [-0.3, -0.25) is 4.40 Å². The zero-order valence-corrected chi connectivity index (χ0v) is 17.3. The Morgan fingerprint density at radius 2 is 2.21 bits per heavy atom. The number of imidazole rings is 1. The van der Waals surface area contributed by atoms with Gasteiger partial charge >= 0.3 is 0 Å². The molecule has 0 bridgehead atoms. The Kier molecular flexibility index (Phi) is 5.81. The third-order valence-electron chi connectivity index (χ3n) is 4.49. The first-order chi connectivity index (χ1) is 14.1. The summed E-state index contributed by atoms with van der Waals surface area (Å²) in [5.74, 6) is 0.539. The standard InChI is InChI=1S/C19H20ClN5O3S/c1-2-16-18(24-11-21-9-17(24)29-16)19(27)14-10-25(23-22-14)12-4-5-15(13(20)8-12)28-7-3-6-26/h4-5,8-11,19,26-27H,2-3,6-7H2,1H3. The number of hydrogen-bond donors (Lipinski definition) is 2. The van der Waals surface area contributed by atoms with E-state index < -0.39 is 6.10 Å². The monoisotopic (exact) mass is 433 g/mol. The number of aryl methyl sites for hydroxylation is 1. The Labute approximate surface area is 176 Å². The van der Waals surface area contributed by atoms with Crippen molar-refractivity contribution in [2.75, 3.05) is 13.2 Å². The fraction of sp³-hybridized carbons (Fsp3) is 0.316. The number of rotatable bonds is 8. The van der Waals surface area contributed by atoms with E-state index in [9.17, 15) is 5.11 Å². The Morgan fingerprint density at radius 3 is 2.97 bits per heavy atom. The number of fused-ring (bicyclic) bond motifs is 1. The van der Waals surface area contributed by atoms with Gasteiger partial charge in [0.1, 0.15) is 28.7 Å². The van der Waals surface area contributed by atoms with Crippen LogP contribution in [0.2, 0.25) is 5.02 Å². The van der Waals surface area contributed by atoms with Crippen LogP contribution in [-0.2, 0) is 6.42 Å². The molecular weight excluding hydrogens is 414 g/mol. The fourth-order valence-electron chi connectivity index (χ4n) is 3.05. The molecule has 1 atom stereocenters. The number of aliphatic hydroxyl groups is 2. The number of benzene rings is 1. The van der Waals surface area contributed by atoms with Gasteiger partial charge in [0.2, 0.25) is 0 Å². The number of nitrogens with zero attached hydrogens (tertiary/aromatic N) is 5. The van der Waals surface area contributed by atoms with Crippen molar-refractivity contribution in [1.29, 1.82) is 0 Å². The summed E-state index contributed by atoms with van der Waals surface area (Å²) in [7, 11) is 0. The maximum absolute atomic E-state index is 11.0. The van der Waals surface area contributed by atoms with Crippen molar-refractivity contribution in [3.05, 3.63) is 58.2 Å². The molecule has 0 radical (unpaired) electrons. The van der Waals surface area contributed by atoms with Crippen molar-refractivity contribution in [2.45, 2.75) is 25.9 Å². The summed E-state index contributed by atoms with van der Waals surface area (Å²) in [6, 6.07) is 5.27. The number of halogens is 1. The third kappa shape index (κ3) is 3.86. The lowest BCUT2D eigenvalue weighted by molar-refractivity contribution is 0.208. The molecule has 0 fully saturated rings. The van der Waals surface area contributed by atoms with Crippen molar-refractivity contribution in [2.24, 2.45) is 0 Å². The average molecular weight is 434 g/mol. The number of aliphatic hydroxyl groups excluding tert-OH is 2. The molecule has 3 heterocycles.